The molecule has 2 heterocycles. The molecule has 1 N–H and O–H groups in total. The summed E-state index contributed by atoms with van der Waals surface area (Å²) in [6.45, 7) is 9.94. The van der Waals surface area contributed by atoms with Crippen molar-refractivity contribution >= 4 is 11.6 Å². The van der Waals surface area contributed by atoms with Crippen LogP contribution in [0.25, 0.3) is 0 Å². The van der Waals surface area contributed by atoms with Crippen LogP contribution >= 0.6 is 0 Å². The molecule has 6 nitrogen and oxygen atoms in total. The first-order valence-corrected chi connectivity index (χ1v) is 9.44. The van der Waals surface area contributed by atoms with Crippen molar-refractivity contribution in [1.29, 1.82) is 0 Å². The molecule has 26 heavy (non-hydrogen) atoms. The number of hydrogen-bond acceptors (Lipinski definition) is 4. The number of carbonyl (C=O) groups is 1. The second-order valence-corrected chi connectivity index (χ2v) is 6.95. The molecule has 0 aliphatic carbocycles. The Balaban J connectivity index is 1.54. The molecule has 0 spiro atoms. The lowest BCUT2D eigenvalue weighted by Crippen LogP contribution is -2.37. The monoisotopic (exact) mass is 355 g/mol. The number of rotatable bonds is 7. The van der Waals surface area contributed by atoms with E-state index >= 15 is 0 Å². The van der Waals surface area contributed by atoms with Gasteiger partial charge in [0.2, 0.25) is 0 Å². The number of anilines is 1. The predicted molar refractivity (Wildman–Crippen MR) is 104 cm³/mol. The third kappa shape index (κ3) is 4.51. The second kappa shape index (κ2) is 8.47. The van der Waals surface area contributed by atoms with E-state index in [9.17, 15) is 4.79 Å². The van der Waals surface area contributed by atoms with E-state index in [0.29, 0.717) is 17.3 Å². The van der Waals surface area contributed by atoms with Gasteiger partial charge in [-0.25, -0.2) is 0 Å². The smallest absolute Gasteiger partial charge is 0.255 e. The molecule has 1 aliphatic rings. The topological polar surface area (TPSA) is 53.4 Å². The summed E-state index contributed by atoms with van der Waals surface area (Å²) in [6, 6.07) is 8.60. The van der Waals surface area contributed by atoms with Crippen molar-refractivity contribution in [1.82, 2.24) is 19.6 Å². The lowest BCUT2D eigenvalue weighted by Gasteiger charge is -2.26. The zero-order chi connectivity index (χ0) is 18.5. The summed E-state index contributed by atoms with van der Waals surface area (Å²) >= 11 is 0. The number of nitrogens with one attached hydrogen (secondary N) is 1. The Kier molecular flexibility index (Phi) is 6.06. The predicted octanol–water partition coefficient (Wildman–Crippen LogP) is 2.59. The molecule has 140 valence electrons. The minimum atomic E-state index is -0.104. The van der Waals surface area contributed by atoms with Crippen LogP contribution in [0.1, 0.15) is 36.2 Å². The lowest BCUT2D eigenvalue weighted by molar-refractivity contribution is 0.102. The van der Waals surface area contributed by atoms with Crippen molar-refractivity contribution < 1.29 is 4.79 Å². The quantitative estimate of drug-likeness (QED) is 0.829. The van der Waals surface area contributed by atoms with Crippen LogP contribution in [0.3, 0.4) is 0 Å². The van der Waals surface area contributed by atoms with Gasteiger partial charge in [-0.05, 0) is 37.2 Å². The molecule has 1 amide bonds. The number of hydrogen-bond donors (Lipinski definition) is 1. The summed E-state index contributed by atoms with van der Waals surface area (Å²) in [4.78, 5) is 17.4. The second-order valence-electron chi connectivity index (χ2n) is 6.95. The Labute approximate surface area is 155 Å². The Bertz CT molecular complexity index is 720. The fourth-order valence-corrected chi connectivity index (χ4v) is 3.70. The molecule has 0 unspecified atom stereocenters. The summed E-state index contributed by atoms with van der Waals surface area (Å²) < 4.78 is 1.67. The van der Waals surface area contributed by atoms with Crippen molar-refractivity contribution in [2.75, 3.05) is 31.5 Å². The van der Waals surface area contributed by atoms with Crippen LogP contribution in [0.4, 0.5) is 5.69 Å². The summed E-state index contributed by atoms with van der Waals surface area (Å²) in [5.74, 6) is -0.104. The van der Waals surface area contributed by atoms with Gasteiger partial charge >= 0.3 is 0 Å². The highest BCUT2D eigenvalue weighted by molar-refractivity contribution is 6.04. The molecule has 1 saturated heterocycles. The number of likely N-dealkylation sites (N-methyl/N-ethyl adjacent to an activating group) is 1. The van der Waals surface area contributed by atoms with Crippen LogP contribution in [0.15, 0.2) is 36.7 Å². The standard InChI is InChI=1S/C20H29N5O/c1-4-25(5-2)19-10-11-24(15-19)13-16-6-8-17(9-7-16)20(26)22-18-12-21-23(3)14-18/h6-9,12,14,19H,4-5,10-11,13,15H2,1-3H3,(H,22,26)/t19-/m0/s1. The molecule has 0 radical (unpaired) electrons. The van der Waals surface area contributed by atoms with E-state index in [1.54, 1.807) is 17.1 Å². The van der Waals surface area contributed by atoms with E-state index in [1.807, 2.05) is 19.2 Å². The maximum Gasteiger partial charge on any atom is 0.255 e. The zero-order valence-electron chi connectivity index (χ0n) is 16.0. The van der Waals surface area contributed by atoms with Gasteiger partial charge in [-0.2, -0.15) is 5.10 Å². The first-order valence-electron chi connectivity index (χ1n) is 9.44. The minimum absolute atomic E-state index is 0.104. The van der Waals surface area contributed by atoms with Crippen molar-refractivity contribution in [2.45, 2.75) is 32.9 Å². The molecule has 2 aromatic rings. The average Bonchev–Trinajstić information content (AvgIpc) is 3.26. The molecule has 1 aromatic heterocycles. The summed E-state index contributed by atoms with van der Waals surface area (Å²) in [6.07, 6.45) is 4.67. The summed E-state index contributed by atoms with van der Waals surface area (Å²) in [5, 5.41) is 6.92. The van der Waals surface area contributed by atoms with Crippen LogP contribution in [-0.2, 0) is 13.6 Å². The van der Waals surface area contributed by atoms with Crippen LogP contribution in [0, 0.1) is 0 Å². The SMILES string of the molecule is CCN(CC)[C@H]1CCN(Cc2ccc(C(=O)Nc3cnn(C)c3)cc2)C1. The van der Waals surface area contributed by atoms with E-state index < -0.39 is 0 Å². The Morgan fingerprint density at radius 1 is 1.27 bits per heavy atom. The highest BCUT2D eigenvalue weighted by atomic mass is 16.1. The highest BCUT2D eigenvalue weighted by Crippen LogP contribution is 2.18. The van der Waals surface area contributed by atoms with Gasteiger partial charge in [0.25, 0.3) is 5.91 Å². The van der Waals surface area contributed by atoms with Crippen molar-refractivity contribution in [3.05, 3.63) is 47.8 Å². The molecular weight excluding hydrogens is 326 g/mol. The van der Waals surface area contributed by atoms with Crippen LogP contribution < -0.4 is 5.32 Å². The van der Waals surface area contributed by atoms with Gasteiger partial charge in [-0.3, -0.25) is 19.3 Å². The van der Waals surface area contributed by atoms with Crippen molar-refractivity contribution in [3.8, 4) is 0 Å². The summed E-state index contributed by atoms with van der Waals surface area (Å²) in [7, 11) is 1.83. The van der Waals surface area contributed by atoms with E-state index in [4.69, 9.17) is 0 Å². The fraction of sp³-hybridized carbons (Fsp3) is 0.500. The van der Waals surface area contributed by atoms with Crippen LogP contribution in [0.2, 0.25) is 0 Å². The minimum Gasteiger partial charge on any atom is -0.319 e. The number of likely N-dealkylation sites (tertiary alicyclic amines) is 1. The number of aromatic nitrogens is 2. The maximum atomic E-state index is 12.3. The van der Waals surface area contributed by atoms with Gasteiger partial charge < -0.3 is 5.32 Å². The normalized spacial score (nSPS) is 17.8. The van der Waals surface area contributed by atoms with E-state index in [0.717, 1.165) is 32.7 Å². The first kappa shape index (κ1) is 18.6. The van der Waals surface area contributed by atoms with Crippen molar-refractivity contribution in [3.63, 3.8) is 0 Å². The molecule has 3 rings (SSSR count). The third-order valence-electron chi connectivity index (χ3n) is 5.16. The van der Waals surface area contributed by atoms with Gasteiger partial charge in [-0.1, -0.05) is 26.0 Å². The molecule has 6 heteroatoms. The molecule has 1 atom stereocenters. The highest BCUT2D eigenvalue weighted by Gasteiger charge is 2.25. The Morgan fingerprint density at radius 2 is 2.00 bits per heavy atom. The largest absolute Gasteiger partial charge is 0.319 e. The van der Waals surface area contributed by atoms with E-state index in [2.05, 4.69) is 46.2 Å². The van der Waals surface area contributed by atoms with Gasteiger partial charge in [0, 0.05) is 44.5 Å². The van der Waals surface area contributed by atoms with Crippen molar-refractivity contribution in [2.24, 2.45) is 7.05 Å². The number of benzene rings is 1. The lowest BCUT2D eigenvalue weighted by atomic mass is 10.1. The molecule has 0 bridgehead atoms. The molecule has 1 aliphatic heterocycles. The van der Waals surface area contributed by atoms with Gasteiger partial charge in [0.05, 0.1) is 11.9 Å². The molecule has 0 saturated carbocycles. The summed E-state index contributed by atoms with van der Waals surface area (Å²) in [5.41, 5.74) is 2.63. The van der Waals surface area contributed by atoms with Crippen LogP contribution in [-0.4, -0.2) is 57.7 Å². The maximum absolute atomic E-state index is 12.3. The average molecular weight is 355 g/mol. The van der Waals surface area contributed by atoms with Gasteiger partial charge in [-0.15, -0.1) is 0 Å². The van der Waals surface area contributed by atoms with E-state index in [1.165, 1.54) is 12.0 Å². The zero-order valence-corrected chi connectivity index (χ0v) is 16.0. The van der Waals surface area contributed by atoms with Crippen LogP contribution in [0.5, 0.6) is 0 Å². The molecule has 1 fully saturated rings. The number of carbonyl (C=O) groups excluding carboxylic acids is 1. The van der Waals surface area contributed by atoms with Gasteiger partial charge in [0.15, 0.2) is 0 Å². The Morgan fingerprint density at radius 3 is 2.62 bits per heavy atom. The third-order valence-corrected chi connectivity index (χ3v) is 5.16. The first-order chi connectivity index (χ1) is 12.6. The van der Waals surface area contributed by atoms with E-state index in [-0.39, 0.29) is 5.91 Å². The molecule has 1 aromatic carbocycles. The Hall–Kier alpha value is -2.18. The number of nitrogens with zero attached hydrogens (tertiary/aromatic N) is 4. The number of aryl methyl sites for hydroxylation is 1. The fourth-order valence-electron chi connectivity index (χ4n) is 3.70. The number of amides is 1. The van der Waals surface area contributed by atoms with Gasteiger partial charge in [0.1, 0.15) is 0 Å². The molecular formula is C20H29N5O.